The Kier molecular flexibility index (Phi) is 7.04. The molecule has 0 radical (unpaired) electrons. The fraction of sp³-hybridized carbons (Fsp3) is 0.889. The third-order valence-electron chi connectivity index (χ3n) is 1.99. The Morgan fingerprint density at radius 1 is 1.31 bits per heavy atom. The summed E-state index contributed by atoms with van der Waals surface area (Å²) >= 11 is 3.35. The minimum absolute atomic E-state index is 0.131. The highest BCUT2D eigenvalue weighted by atomic mass is 79.9. The van der Waals surface area contributed by atoms with E-state index in [4.69, 9.17) is 0 Å². The molecule has 0 atom stereocenters. The number of hydrogen-bond acceptors (Lipinski definition) is 1. The fourth-order valence-corrected chi connectivity index (χ4v) is 1.38. The maximum absolute atomic E-state index is 11.6. The second-order valence-corrected chi connectivity index (χ2v) is 3.71. The van der Waals surface area contributed by atoms with E-state index < -0.39 is 0 Å². The third-order valence-corrected chi connectivity index (χ3v) is 2.55. The maximum atomic E-state index is 11.6. The molecule has 0 saturated heterocycles. The van der Waals surface area contributed by atoms with Gasteiger partial charge in [-0.05, 0) is 20.3 Å². The van der Waals surface area contributed by atoms with E-state index in [0.717, 1.165) is 31.4 Å². The highest BCUT2D eigenvalue weighted by Crippen LogP contribution is 1.98. The van der Waals surface area contributed by atoms with E-state index in [1.165, 1.54) is 0 Å². The average Bonchev–Trinajstić information content (AvgIpc) is 2.15. The lowest BCUT2D eigenvalue weighted by atomic mass is 10.4. The molecule has 4 heteroatoms. The van der Waals surface area contributed by atoms with Gasteiger partial charge < -0.3 is 9.80 Å². The molecule has 0 heterocycles. The van der Waals surface area contributed by atoms with Gasteiger partial charge >= 0.3 is 6.03 Å². The SMILES string of the molecule is CCN(CC)C(=O)N(C)CCCBr. The highest BCUT2D eigenvalue weighted by Gasteiger charge is 2.13. The first-order valence-electron chi connectivity index (χ1n) is 4.73. The van der Waals surface area contributed by atoms with Gasteiger partial charge in [-0.3, -0.25) is 0 Å². The van der Waals surface area contributed by atoms with Gasteiger partial charge in [-0.1, -0.05) is 15.9 Å². The van der Waals surface area contributed by atoms with E-state index in [2.05, 4.69) is 15.9 Å². The Bertz CT molecular complexity index is 149. The molecular weight excluding hydrogens is 232 g/mol. The Balaban J connectivity index is 3.92. The quantitative estimate of drug-likeness (QED) is 0.687. The van der Waals surface area contributed by atoms with E-state index in [0.29, 0.717) is 0 Å². The second kappa shape index (κ2) is 7.18. The molecule has 78 valence electrons. The monoisotopic (exact) mass is 250 g/mol. The molecule has 0 spiro atoms. The van der Waals surface area contributed by atoms with E-state index in [-0.39, 0.29) is 6.03 Å². The van der Waals surface area contributed by atoms with Crippen LogP contribution in [0.5, 0.6) is 0 Å². The lowest BCUT2D eigenvalue weighted by Crippen LogP contribution is -2.41. The molecule has 2 amide bonds. The van der Waals surface area contributed by atoms with Crippen LogP contribution < -0.4 is 0 Å². The van der Waals surface area contributed by atoms with Gasteiger partial charge in [0.1, 0.15) is 0 Å². The van der Waals surface area contributed by atoms with Crippen molar-refractivity contribution >= 4 is 22.0 Å². The van der Waals surface area contributed by atoms with Crippen LogP contribution in [0.15, 0.2) is 0 Å². The number of nitrogens with zero attached hydrogens (tertiary/aromatic N) is 2. The topological polar surface area (TPSA) is 23.6 Å². The number of halogens is 1. The number of rotatable bonds is 5. The maximum Gasteiger partial charge on any atom is 0.319 e. The molecule has 13 heavy (non-hydrogen) atoms. The first-order valence-corrected chi connectivity index (χ1v) is 5.85. The standard InChI is InChI=1S/C9H19BrN2O/c1-4-12(5-2)9(13)11(3)8-6-7-10/h4-8H2,1-3H3. The Labute approximate surface area is 89.2 Å². The minimum Gasteiger partial charge on any atom is -0.328 e. The predicted molar refractivity (Wildman–Crippen MR) is 59.4 cm³/mol. The third kappa shape index (κ3) is 4.50. The lowest BCUT2D eigenvalue weighted by molar-refractivity contribution is 0.168. The molecule has 0 aromatic heterocycles. The van der Waals surface area contributed by atoms with Crippen LogP contribution in [0.2, 0.25) is 0 Å². The van der Waals surface area contributed by atoms with Crippen LogP contribution in [0.1, 0.15) is 20.3 Å². The smallest absolute Gasteiger partial charge is 0.319 e. The van der Waals surface area contributed by atoms with Crippen molar-refractivity contribution in [2.75, 3.05) is 32.0 Å². The largest absolute Gasteiger partial charge is 0.328 e. The molecule has 0 fully saturated rings. The molecule has 0 saturated carbocycles. The van der Waals surface area contributed by atoms with Crippen molar-refractivity contribution in [1.82, 2.24) is 9.80 Å². The molecular formula is C9H19BrN2O. The zero-order valence-electron chi connectivity index (χ0n) is 8.72. The summed E-state index contributed by atoms with van der Waals surface area (Å²) in [6.07, 6.45) is 1.00. The van der Waals surface area contributed by atoms with Crippen molar-refractivity contribution in [2.24, 2.45) is 0 Å². The minimum atomic E-state index is 0.131. The summed E-state index contributed by atoms with van der Waals surface area (Å²) < 4.78 is 0. The summed E-state index contributed by atoms with van der Waals surface area (Å²) in [5.74, 6) is 0. The summed E-state index contributed by atoms with van der Waals surface area (Å²) in [5.41, 5.74) is 0. The summed E-state index contributed by atoms with van der Waals surface area (Å²) in [6, 6.07) is 0.131. The Morgan fingerprint density at radius 2 is 1.85 bits per heavy atom. The molecule has 0 bridgehead atoms. The number of carbonyl (C=O) groups excluding carboxylic acids is 1. The van der Waals surface area contributed by atoms with Crippen LogP contribution in [0.25, 0.3) is 0 Å². The first kappa shape index (κ1) is 12.8. The number of amides is 2. The van der Waals surface area contributed by atoms with Crippen LogP contribution >= 0.6 is 15.9 Å². The fourth-order valence-electron chi connectivity index (χ4n) is 1.13. The number of alkyl halides is 1. The van der Waals surface area contributed by atoms with Gasteiger partial charge in [0.05, 0.1) is 0 Å². The van der Waals surface area contributed by atoms with Gasteiger partial charge in [0.25, 0.3) is 0 Å². The average molecular weight is 251 g/mol. The van der Waals surface area contributed by atoms with Crippen molar-refractivity contribution in [3.05, 3.63) is 0 Å². The normalized spacial score (nSPS) is 9.85. The Hall–Kier alpha value is -0.250. The molecule has 0 unspecified atom stereocenters. The van der Waals surface area contributed by atoms with Crippen molar-refractivity contribution in [3.63, 3.8) is 0 Å². The van der Waals surface area contributed by atoms with Crippen LogP contribution in [0, 0.1) is 0 Å². The van der Waals surface area contributed by atoms with Gasteiger partial charge in [-0.2, -0.15) is 0 Å². The molecule has 0 aromatic rings. The van der Waals surface area contributed by atoms with Crippen molar-refractivity contribution < 1.29 is 4.79 Å². The summed E-state index contributed by atoms with van der Waals surface area (Å²) in [7, 11) is 1.85. The zero-order valence-corrected chi connectivity index (χ0v) is 10.3. The molecule has 0 aromatic carbocycles. The van der Waals surface area contributed by atoms with E-state index in [9.17, 15) is 4.79 Å². The lowest BCUT2D eigenvalue weighted by Gasteiger charge is -2.25. The zero-order chi connectivity index (χ0) is 10.3. The van der Waals surface area contributed by atoms with Crippen molar-refractivity contribution in [3.8, 4) is 0 Å². The van der Waals surface area contributed by atoms with Crippen LogP contribution in [0.3, 0.4) is 0 Å². The molecule has 0 rings (SSSR count). The van der Waals surface area contributed by atoms with Gasteiger partial charge in [0.15, 0.2) is 0 Å². The van der Waals surface area contributed by atoms with E-state index >= 15 is 0 Å². The summed E-state index contributed by atoms with van der Waals surface area (Å²) in [5, 5.41) is 0.947. The van der Waals surface area contributed by atoms with E-state index in [1.807, 2.05) is 25.8 Å². The van der Waals surface area contributed by atoms with Crippen LogP contribution in [0.4, 0.5) is 4.79 Å². The number of hydrogen-bond donors (Lipinski definition) is 0. The van der Waals surface area contributed by atoms with Gasteiger partial charge in [0, 0.05) is 32.0 Å². The molecule has 0 aliphatic rings. The summed E-state index contributed by atoms with van der Waals surface area (Å²) in [4.78, 5) is 15.2. The second-order valence-electron chi connectivity index (χ2n) is 2.92. The molecule has 0 aliphatic heterocycles. The van der Waals surface area contributed by atoms with Crippen LogP contribution in [-0.4, -0.2) is 47.8 Å². The van der Waals surface area contributed by atoms with Gasteiger partial charge in [0.2, 0.25) is 0 Å². The van der Waals surface area contributed by atoms with E-state index in [1.54, 1.807) is 4.90 Å². The number of carbonyl (C=O) groups is 1. The predicted octanol–water partition coefficient (Wildman–Crippen LogP) is 2.17. The first-order chi connectivity index (χ1) is 6.17. The van der Waals surface area contributed by atoms with Gasteiger partial charge in [-0.15, -0.1) is 0 Å². The molecule has 0 N–H and O–H groups in total. The van der Waals surface area contributed by atoms with Crippen molar-refractivity contribution in [2.45, 2.75) is 20.3 Å². The number of urea groups is 1. The Morgan fingerprint density at radius 3 is 2.23 bits per heavy atom. The van der Waals surface area contributed by atoms with Gasteiger partial charge in [-0.25, -0.2) is 4.79 Å². The molecule has 0 aliphatic carbocycles. The van der Waals surface area contributed by atoms with Crippen LogP contribution in [-0.2, 0) is 0 Å². The summed E-state index contributed by atoms with van der Waals surface area (Å²) in [6.45, 7) is 6.39. The highest BCUT2D eigenvalue weighted by molar-refractivity contribution is 9.09. The molecule has 3 nitrogen and oxygen atoms in total. The van der Waals surface area contributed by atoms with Crippen molar-refractivity contribution in [1.29, 1.82) is 0 Å².